The van der Waals surface area contributed by atoms with E-state index in [1.54, 1.807) is 6.07 Å². The quantitative estimate of drug-likeness (QED) is 0.843. The van der Waals surface area contributed by atoms with E-state index in [0.717, 1.165) is 37.4 Å². The molecular formula is C14H22N4O2. The minimum Gasteiger partial charge on any atom is -0.379 e. The van der Waals surface area contributed by atoms with Crippen LogP contribution in [0.1, 0.15) is 29.4 Å². The maximum atomic E-state index is 12.3. The first-order valence-electron chi connectivity index (χ1n) is 7.05. The summed E-state index contributed by atoms with van der Waals surface area (Å²) in [5.41, 5.74) is 4.49. The zero-order valence-electron chi connectivity index (χ0n) is 12.1. The number of ether oxygens (including phenoxy) is 1. The summed E-state index contributed by atoms with van der Waals surface area (Å²) in [6, 6.07) is 3.63. The van der Waals surface area contributed by atoms with Crippen molar-refractivity contribution in [2.24, 2.45) is 0 Å². The lowest BCUT2D eigenvalue weighted by molar-refractivity contribution is 0.0126. The Kier molecular flexibility index (Phi) is 5.31. The van der Waals surface area contributed by atoms with Crippen LogP contribution >= 0.6 is 0 Å². The van der Waals surface area contributed by atoms with Gasteiger partial charge in [-0.15, -0.1) is 0 Å². The number of hydrazine groups is 1. The molecule has 110 valence electrons. The van der Waals surface area contributed by atoms with Crippen LogP contribution in [-0.2, 0) is 11.2 Å². The van der Waals surface area contributed by atoms with Crippen LogP contribution in [0.5, 0.6) is 0 Å². The molecule has 0 atom stereocenters. The molecule has 0 unspecified atom stereocenters. The number of morpholine rings is 1. The number of rotatable bonds is 5. The van der Waals surface area contributed by atoms with Gasteiger partial charge in [-0.05, 0) is 18.6 Å². The summed E-state index contributed by atoms with van der Waals surface area (Å²) >= 11 is 0. The van der Waals surface area contributed by atoms with Crippen molar-refractivity contribution >= 4 is 11.7 Å². The van der Waals surface area contributed by atoms with Crippen molar-refractivity contribution in [2.75, 3.05) is 38.7 Å². The average Bonchev–Trinajstić information content (AvgIpc) is 2.48. The summed E-state index contributed by atoms with van der Waals surface area (Å²) < 4.78 is 5.26. The van der Waals surface area contributed by atoms with Crippen molar-refractivity contribution < 1.29 is 9.53 Å². The van der Waals surface area contributed by atoms with Gasteiger partial charge < -0.3 is 10.1 Å². The monoisotopic (exact) mass is 278 g/mol. The number of pyridine rings is 1. The van der Waals surface area contributed by atoms with Gasteiger partial charge in [0.05, 0.1) is 13.2 Å². The van der Waals surface area contributed by atoms with Gasteiger partial charge in [0, 0.05) is 31.4 Å². The van der Waals surface area contributed by atoms with E-state index in [1.165, 1.54) is 0 Å². The molecule has 1 saturated heterocycles. The molecule has 1 aromatic heterocycles. The largest absolute Gasteiger partial charge is 0.379 e. The first kappa shape index (κ1) is 14.7. The van der Waals surface area contributed by atoms with E-state index in [1.807, 2.05) is 18.1 Å². The number of anilines is 1. The Bertz CT molecular complexity index is 458. The van der Waals surface area contributed by atoms with Crippen molar-refractivity contribution in [3.8, 4) is 0 Å². The number of carbonyl (C=O) groups excluding carboxylic acids is 1. The predicted octanol–water partition coefficient (Wildman–Crippen LogP) is 1.05. The Morgan fingerprint density at radius 1 is 1.40 bits per heavy atom. The maximum absolute atomic E-state index is 12.3. The molecule has 0 aromatic carbocycles. The maximum Gasteiger partial charge on any atom is 0.265 e. The Hall–Kier alpha value is -1.66. The Labute approximate surface area is 119 Å². The SMILES string of the molecule is CCCc1cc(C(=O)NN2CCOCC2)cc(NC)n1. The van der Waals surface area contributed by atoms with Crippen LogP contribution in [0.2, 0.25) is 0 Å². The molecule has 0 spiro atoms. The highest BCUT2D eigenvalue weighted by Crippen LogP contribution is 2.12. The number of hydrogen-bond acceptors (Lipinski definition) is 5. The molecule has 0 aliphatic carbocycles. The van der Waals surface area contributed by atoms with Crippen molar-refractivity contribution in [1.29, 1.82) is 0 Å². The van der Waals surface area contributed by atoms with Crippen molar-refractivity contribution in [1.82, 2.24) is 15.4 Å². The molecule has 0 bridgehead atoms. The zero-order valence-corrected chi connectivity index (χ0v) is 12.1. The third kappa shape index (κ3) is 3.91. The second-order valence-corrected chi connectivity index (χ2v) is 4.77. The van der Waals surface area contributed by atoms with E-state index < -0.39 is 0 Å². The smallest absolute Gasteiger partial charge is 0.265 e. The molecule has 0 saturated carbocycles. The summed E-state index contributed by atoms with van der Waals surface area (Å²) in [7, 11) is 1.81. The first-order valence-corrected chi connectivity index (χ1v) is 7.05. The van der Waals surface area contributed by atoms with Gasteiger partial charge in [0.15, 0.2) is 0 Å². The highest BCUT2D eigenvalue weighted by atomic mass is 16.5. The minimum atomic E-state index is -0.0943. The van der Waals surface area contributed by atoms with Crippen LogP contribution in [0.15, 0.2) is 12.1 Å². The number of hydrogen-bond donors (Lipinski definition) is 2. The highest BCUT2D eigenvalue weighted by molar-refractivity contribution is 5.94. The standard InChI is InChI=1S/C14H22N4O2/c1-3-4-12-9-11(10-13(15-2)16-12)14(19)17-18-5-7-20-8-6-18/h9-10H,3-8H2,1-2H3,(H,15,16)(H,17,19). The van der Waals surface area contributed by atoms with E-state index in [9.17, 15) is 4.79 Å². The van der Waals surface area contributed by atoms with E-state index in [-0.39, 0.29) is 5.91 Å². The fourth-order valence-corrected chi connectivity index (χ4v) is 2.11. The summed E-state index contributed by atoms with van der Waals surface area (Å²) in [6.45, 7) is 4.84. The molecule has 6 heteroatoms. The first-order chi connectivity index (χ1) is 9.72. The van der Waals surface area contributed by atoms with Crippen LogP contribution < -0.4 is 10.7 Å². The predicted molar refractivity (Wildman–Crippen MR) is 77.6 cm³/mol. The van der Waals surface area contributed by atoms with Gasteiger partial charge in [-0.1, -0.05) is 13.3 Å². The molecule has 1 fully saturated rings. The van der Waals surface area contributed by atoms with E-state index in [4.69, 9.17) is 4.74 Å². The summed E-state index contributed by atoms with van der Waals surface area (Å²) in [6.07, 6.45) is 1.87. The van der Waals surface area contributed by atoms with Gasteiger partial charge in [-0.2, -0.15) is 0 Å². The normalized spacial score (nSPS) is 15.9. The number of carbonyl (C=O) groups is 1. The Morgan fingerprint density at radius 2 is 2.15 bits per heavy atom. The molecule has 2 N–H and O–H groups in total. The molecule has 20 heavy (non-hydrogen) atoms. The number of nitrogens with one attached hydrogen (secondary N) is 2. The molecule has 1 aromatic rings. The minimum absolute atomic E-state index is 0.0943. The molecule has 1 aliphatic heterocycles. The number of nitrogens with zero attached hydrogens (tertiary/aromatic N) is 2. The number of aryl methyl sites for hydroxylation is 1. The second kappa shape index (κ2) is 7.21. The van der Waals surface area contributed by atoms with Gasteiger partial charge in [-0.3, -0.25) is 10.2 Å². The lowest BCUT2D eigenvalue weighted by atomic mass is 10.1. The van der Waals surface area contributed by atoms with Gasteiger partial charge in [0.2, 0.25) is 0 Å². The number of aromatic nitrogens is 1. The highest BCUT2D eigenvalue weighted by Gasteiger charge is 2.15. The topological polar surface area (TPSA) is 66.5 Å². The summed E-state index contributed by atoms with van der Waals surface area (Å²) in [5.74, 6) is 0.631. The number of amides is 1. The summed E-state index contributed by atoms with van der Waals surface area (Å²) in [5, 5.41) is 4.89. The van der Waals surface area contributed by atoms with Gasteiger partial charge in [-0.25, -0.2) is 9.99 Å². The zero-order chi connectivity index (χ0) is 14.4. The van der Waals surface area contributed by atoms with Crippen LogP contribution in [0.4, 0.5) is 5.82 Å². The second-order valence-electron chi connectivity index (χ2n) is 4.77. The van der Waals surface area contributed by atoms with Gasteiger partial charge in [0.25, 0.3) is 5.91 Å². The molecule has 2 heterocycles. The molecular weight excluding hydrogens is 256 g/mol. The van der Waals surface area contributed by atoms with Crippen molar-refractivity contribution in [3.63, 3.8) is 0 Å². The van der Waals surface area contributed by atoms with E-state index in [2.05, 4.69) is 22.7 Å². The Morgan fingerprint density at radius 3 is 2.80 bits per heavy atom. The van der Waals surface area contributed by atoms with Crippen molar-refractivity contribution in [2.45, 2.75) is 19.8 Å². The Balaban J connectivity index is 2.09. The summed E-state index contributed by atoms with van der Waals surface area (Å²) in [4.78, 5) is 16.7. The van der Waals surface area contributed by atoms with Crippen LogP contribution in [0, 0.1) is 0 Å². The van der Waals surface area contributed by atoms with Crippen LogP contribution in [-0.4, -0.2) is 49.3 Å². The average molecular weight is 278 g/mol. The molecule has 1 amide bonds. The van der Waals surface area contributed by atoms with Crippen LogP contribution in [0.3, 0.4) is 0 Å². The van der Waals surface area contributed by atoms with Crippen molar-refractivity contribution in [3.05, 3.63) is 23.4 Å². The molecule has 2 rings (SSSR count). The van der Waals surface area contributed by atoms with E-state index in [0.29, 0.717) is 18.8 Å². The molecule has 0 radical (unpaired) electrons. The van der Waals surface area contributed by atoms with Gasteiger partial charge in [0.1, 0.15) is 5.82 Å². The third-order valence-corrected chi connectivity index (χ3v) is 3.17. The lowest BCUT2D eigenvalue weighted by Gasteiger charge is -2.27. The van der Waals surface area contributed by atoms with Gasteiger partial charge >= 0.3 is 0 Å². The molecule has 6 nitrogen and oxygen atoms in total. The fraction of sp³-hybridized carbons (Fsp3) is 0.571. The van der Waals surface area contributed by atoms with E-state index >= 15 is 0 Å². The molecule has 1 aliphatic rings. The lowest BCUT2D eigenvalue weighted by Crippen LogP contribution is -2.48. The fourth-order valence-electron chi connectivity index (χ4n) is 2.11. The third-order valence-electron chi connectivity index (χ3n) is 3.17. The van der Waals surface area contributed by atoms with Crippen LogP contribution in [0.25, 0.3) is 0 Å².